The van der Waals surface area contributed by atoms with Gasteiger partial charge in [0.1, 0.15) is 0 Å². The summed E-state index contributed by atoms with van der Waals surface area (Å²) < 4.78 is 0. The number of thiocarbonyl (C=S) groups is 1. The Hall–Kier alpha value is -1.87. The maximum Gasteiger partial charge on any atom is 0.171 e. The van der Waals surface area contributed by atoms with Crippen LogP contribution in [0.5, 0.6) is 0 Å². The van der Waals surface area contributed by atoms with Crippen molar-refractivity contribution < 1.29 is 0 Å². The van der Waals surface area contributed by atoms with Crippen molar-refractivity contribution in [1.29, 1.82) is 0 Å². The van der Waals surface area contributed by atoms with Gasteiger partial charge in [-0.05, 0) is 49.3 Å². The van der Waals surface area contributed by atoms with Crippen LogP contribution in [0.25, 0.3) is 0 Å². The van der Waals surface area contributed by atoms with E-state index in [1.165, 1.54) is 16.7 Å². The minimum absolute atomic E-state index is 0.645. The molecule has 0 aliphatic rings. The molecule has 0 unspecified atom stereocenters. The highest BCUT2D eigenvalue weighted by Crippen LogP contribution is 2.10. The van der Waals surface area contributed by atoms with Crippen molar-refractivity contribution >= 4 is 23.0 Å². The standard InChI is InChI=1S/C16H18N2S/c1-12-8-9-14(13(2)10-12)11-17-16(19)18-15-6-4-3-5-7-15/h3-10H,11H2,1-2H3,(H2,17,18,19). The summed E-state index contributed by atoms with van der Waals surface area (Å²) in [5.41, 5.74) is 4.84. The first-order chi connectivity index (χ1) is 9.15. The molecule has 2 rings (SSSR count). The number of para-hydroxylation sites is 1. The van der Waals surface area contributed by atoms with Gasteiger partial charge in [0.05, 0.1) is 0 Å². The molecule has 0 saturated heterocycles. The van der Waals surface area contributed by atoms with E-state index < -0.39 is 0 Å². The number of nitrogens with one attached hydrogen (secondary N) is 2. The first kappa shape index (κ1) is 13.6. The molecular weight excluding hydrogens is 252 g/mol. The maximum absolute atomic E-state index is 5.28. The predicted octanol–water partition coefficient (Wildman–Crippen LogP) is 3.79. The Morgan fingerprint density at radius 3 is 2.47 bits per heavy atom. The average Bonchev–Trinajstić information content (AvgIpc) is 2.39. The fraction of sp³-hybridized carbons (Fsp3) is 0.188. The van der Waals surface area contributed by atoms with Crippen LogP contribution >= 0.6 is 12.2 Å². The van der Waals surface area contributed by atoms with Gasteiger partial charge < -0.3 is 10.6 Å². The lowest BCUT2D eigenvalue weighted by Gasteiger charge is -2.12. The second-order valence-corrected chi connectivity index (χ2v) is 5.01. The SMILES string of the molecule is Cc1ccc(CNC(=S)Nc2ccccc2)c(C)c1. The summed E-state index contributed by atoms with van der Waals surface area (Å²) in [6.45, 7) is 4.97. The first-order valence-corrected chi connectivity index (χ1v) is 6.72. The lowest BCUT2D eigenvalue weighted by Crippen LogP contribution is -2.28. The molecule has 2 nitrogen and oxygen atoms in total. The third-order valence-electron chi connectivity index (χ3n) is 2.97. The zero-order valence-corrected chi connectivity index (χ0v) is 12.1. The van der Waals surface area contributed by atoms with E-state index in [0.717, 1.165) is 12.2 Å². The van der Waals surface area contributed by atoms with Crippen LogP contribution in [0.2, 0.25) is 0 Å². The Kier molecular flexibility index (Phi) is 4.53. The number of hydrogen-bond donors (Lipinski definition) is 2. The minimum Gasteiger partial charge on any atom is -0.358 e. The molecule has 19 heavy (non-hydrogen) atoms. The smallest absolute Gasteiger partial charge is 0.171 e. The average molecular weight is 270 g/mol. The van der Waals surface area contributed by atoms with Crippen LogP contribution in [0.1, 0.15) is 16.7 Å². The van der Waals surface area contributed by atoms with Gasteiger partial charge in [0.15, 0.2) is 5.11 Å². The molecule has 0 aromatic heterocycles. The fourth-order valence-corrected chi connectivity index (χ4v) is 2.11. The van der Waals surface area contributed by atoms with Crippen LogP contribution in [0, 0.1) is 13.8 Å². The molecule has 0 fully saturated rings. The van der Waals surface area contributed by atoms with Crippen molar-refractivity contribution in [2.75, 3.05) is 5.32 Å². The first-order valence-electron chi connectivity index (χ1n) is 6.31. The summed E-state index contributed by atoms with van der Waals surface area (Å²) in [5, 5.41) is 7.04. The van der Waals surface area contributed by atoms with E-state index in [2.05, 4.69) is 42.7 Å². The van der Waals surface area contributed by atoms with Crippen LogP contribution in [0.15, 0.2) is 48.5 Å². The molecule has 0 bridgehead atoms. The zero-order chi connectivity index (χ0) is 13.7. The summed E-state index contributed by atoms with van der Waals surface area (Å²) >= 11 is 5.28. The summed E-state index contributed by atoms with van der Waals surface area (Å²) in [6, 6.07) is 16.4. The Morgan fingerprint density at radius 1 is 1.05 bits per heavy atom. The van der Waals surface area contributed by atoms with E-state index >= 15 is 0 Å². The summed E-state index contributed by atoms with van der Waals surface area (Å²) in [5.74, 6) is 0. The molecule has 0 spiro atoms. The molecule has 0 heterocycles. The summed E-state index contributed by atoms with van der Waals surface area (Å²) in [4.78, 5) is 0. The third-order valence-corrected chi connectivity index (χ3v) is 3.22. The molecule has 0 aliphatic heterocycles. The maximum atomic E-state index is 5.28. The van der Waals surface area contributed by atoms with E-state index in [9.17, 15) is 0 Å². The number of benzene rings is 2. The second kappa shape index (κ2) is 6.34. The van der Waals surface area contributed by atoms with Gasteiger partial charge in [-0.25, -0.2) is 0 Å². The molecule has 3 heteroatoms. The van der Waals surface area contributed by atoms with Crippen molar-refractivity contribution in [3.05, 3.63) is 65.2 Å². The topological polar surface area (TPSA) is 24.1 Å². The summed E-state index contributed by atoms with van der Waals surface area (Å²) in [7, 11) is 0. The molecule has 2 N–H and O–H groups in total. The number of hydrogen-bond acceptors (Lipinski definition) is 1. The van der Waals surface area contributed by atoms with Crippen molar-refractivity contribution in [2.24, 2.45) is 0 Å². The van der Waals surface area contributed by atoms with Crippen LogP contribution in [0.4, 0.5) is 5.69 Å². The minimum atomic E-state index is 0.645. The molecule has 2 aromatic carbocycles. The Labute approximate surface area is 119 Å². The third kappa shape index (κ3) is 4.07. The van der Waals surface area contributed by atoms with Crippen LogP contribution in [-0.4, -0.2) is 5.11 Å². The lowest BCUT2D eigenvalue weighted by molar-refractivity contribution is 0.914. The molecule has 0 atom stereocenters. The largest absolute Gasteiger partial charge is 0.358 e. The number of aryl methyl sites for hydroxylation is 2. The second-order valence-electron chi connectivity index (χ2n) is 4.60. The molecule has 98 valence electrons. The molecule has 2 aromatic rings. The van der Waals surface area contributed by atoms with E-state index in [1.807, 2.05) is 30.3 Å². The molecular formula is C16H18N2S. The Balaban J connectivity index is 1.90. The van der Waals surface area contributed by atoms with Gasteiger partial charge >= 0.3 is 0 Å². The van der Waals surface area contributed by atoms with E-state index in [-0.39, 0.29) is 0 Å². The fourth-order valence-electron chi connectivity index (χ4n) is 1.92. The zero-order valence-electron chi connectivity index (χ0n) is 11.2. The highest BCUT2D eigenvalue weighted by atomic mass is 32.1. The molecule has 0 saturated carbocycles. The quantitative estimate of drug-likeness (QED) is 0.830. The van der Waals surface area contributed by atoms with Crippen LogP contribution in [0.3, 0.4) is 0 Å². The molecule has 0 radical (unpaired) electrons. The van der Waals surface area contributed by atoms with Crippen molar-refractivity contribution in [3.63, 3.8) is 0 Å². The van der Waals surface area contributed by atoms with Gasteiger partial charge in [-0.15, -0.1) is 0 Å². The number of anilines is 1. The van der Waals surface area contributed by atoms with Gasteiger partial charge in [-0.3, -0.25) is 0 Å². The van der Waals surface area contributed by atoms with Gasteiger partial charge in [-0.1, -0.05) is 42.0 Å². The van der Waals surface area contributed by atoms with Gasteiger partial charge in [-0.2, -0.15) is 0 Å². The molecule has 0 amide bonds. The monoisotopic (exact) mass is 270 g/mol. The normalized spacial score (nSPS) is 10.0. The van der Waals surface area contributed by atoms with Crippen molar-refractivity contribution in [2.45, 2.75) is 20.4 Å². The molecule has 0 aliphatic carbocycles. The van der Waals surface area contributed by atoms with Gasteiger partial charge in [0, 0.05) is 12.2 Å². The summed E-state index contributed by atoms with van der Waals surface area (Å²) in [6.07, 6.45) is 0. The van der Waals surface area contributed by atoms with E-state index in [4.69, 9.17) is 12.2 Å². The van der Waals surface area contributed by atoms with Gasteiger partial charge in [0.25, 0.3) is 0 Å². The van der Waals surface area contributed by atoms with Crippen molar-refractivity contribution in [3.8, 4) is 0 Å². The lowest BCUT2D eigenvalue weighted by atomic mass is 10.1. The van der Waals surface area contributed by atoms with E-state index in [1.54, 1.807) is 0 Å². The Bertz CT molecular complexity index is 564. The van der Waals surface area contributed by atoms with Crippen LogP contribution < -0.4 is 10.6 Å². The number of rotatable bonds is 3. The van der Waals surface area contributed by atoms with Crippen molar-refractivity contribution in [1.82, 2.24) is 5.32 Å². The van der Waals surface area contributed by atoms with E-state index in [0.29, 0.717) is 5.11 Å². The van der Waals surface area contributed by atoms with Crippen LogP contribution in [-0.2, 0) is 6.54 Å². The highest BCUT2D eigenvalue weighted by Gasteiger charge is 2.00. The Morgan fingerprint density at radius 2 is 1.79 bits per heavy atom. The highest BCUT2D eigenvalue weighted by molar-refractivity contribution is 7.80. The van der Waals surface area contributed by atoms with Gasteiger partial charge in [0.2, 0.25) is 0 Å². The predicted molar refractivity (Wildman–Crippen MR) is 85.4 cm³/mol.